The first-order chi connectivity index (χ1) is 8.14. The Bertz CT molecular complexity index is 254. The van der Waals surface area contributed by atoms with Crippen molar-refractivity contribution in [3.8, 4) is 0 Å². The van der Waals surface area contributed by atoms with Crippen molar-refractivity contribution in [2.45, 2.75) is 44.4 Å². The molecule has 0 aromatic heterocycles. The molecule has 0 radical (unpaired) electrons. The van der Waals surface area contributed by atoms with E-state index in [9.17, 15) is 8.78 Å². The maximum atomic E-state index is 12.9. The van der Waals surface area contributed by atoms with Gasteiger partial charge in [-0.3, -0.25) is 0 Å². The van der Waals surface area contributed by atoms with E-state index in [4.69, 9.17) is 5.53 Å². The summed E-state index contributed by atoms with van der Waals surface area (Å²) >= 11 is 0. The summed E-state index contributed by atoms with van der Waals surface area (Å²) in [5.41, 5.74) is 8.07. The summed E-state index contributed by atoms with van der Waals surface area (Å²) in [4.78, 5) is 4.80. The van der Waals surface area contributed by atoms with Gasteiger partial charge in [-0.1, -0.05) is 18.0 Å². The van der Waals surface area contributed by atoms with Crippen LogP contribution >= 0.6 is 0 Å². The van der Waals surface area contributed by atoms with E-state index in [0.29, 0.717) is 19.6 Å². The van der Waals surface area contributed by atoms with E-state index in [-0.39, 0.29) is 12.8 Å². The highest BCUT2D eigenvalue weighted by Gasteiger charge is 2.33. The predicted molar refractivity (Wildman–Crippen MR) is 63.1 cm³/mol. The second kappa shape index (κ2) is 7.45. The molecule has 17 heavy (non-hydrogen) atoms. The molecule has 1 fully saturated rings. The van der Waals surface area contributed by atoms with Gasteiger partial charge in [-0.15, -0.1) is 0 Å². The maximum absolute atomic E-state index is 12.9. The van der Waals surface area contributed by atoms with E-state index in [0.717, 1.165) is 32.2 Å². The van der Waals surface area contributed by atoms with Crippen molar-refractivity contribution in [2.75, 3.05) is 26.2 Å². The van der Waals surface area contributed by atoms with Crippen LogP contribution in [0.5, 0.6) is 0 Å². The second-order valence-electron chi connectivity index (χ2n) is 4.57. The molecule has 6 heteroatoms. The Labute approximate surface area is 101 Å². The normalized spacial score (nSPS) is 19.9. The number of halogens is 2. The van der Waals surface area contributed by atoms with Gasteiger partial charge in [0.15, 0.2) is 0 Å². The van der Waals surface area contributed by atoms with Gasteiger partial charge in [-0.05, 0) is 24.9 Å². The fourth-order valence-electron chi connectivity index (χ4n) is 2.02. The summed E-state index contributed by atoms with van der Waals surface area (Å²) in [6.45, 7) is 2.52. The van der Waals surface area contributed by atoms with E-state index in [1.807, 2.05) is 0 Å². The van der Waals surface area contributed by atoms with Crippen LogP contribution in [0, 0.1) is 0 Å². The lowest BCUT2D eigenvalue weighted by Crippen LogP contribution is -2.39. The molecule has 1 saturated heterocycles. The summed E-state index contributed by atoms with van der Waals surface area (Å²) in [5.74, 6) is -2.44. The quantitative estimate of drug-likeness (QED) is 0.293. The maximum Gasteiger partial charge on any atom is 0.250 e. The molecule has 98 valence electrons. The number of piperidine rings is 1. The predicted octanol–water partition coefficient (Wildman–Crippen LogP) is 3.59. The Balaban J connectivity index is 1.95. The highest BCUT2D eigenvalue weighted by atomic mass is 19.3. The lowest BCUT2D eigenvalue weighted by molar-refractivity contribution is -0.0552. The number of alkyl halides is 2. The molecule has 1 aliphatic heterocycles. The average Bonchev–Trinajstić information content (AvgIpc) is 2.30. The number of rotatable bonds is 7. The molecule has 0 N–H and O–H groups in total. The van der Waals surface area contributed by atoms with Crippen molar-refractivity contribution < 1.29 is 8.78 Å². The van der Waals surface area contributed by atoms with Gasteiger partial charge in [0.05, 0.1) is 0 Å². The Morgan fingerprint density at radius 1 is 1.12 bits per heavy atom. The molecule has 0 bridgehead atoms. The van der Waals surface area contributed by atoms with Crippen LogP contribution in [0.1, 0.15) is 38.5 Å². The summed E-state index contributed by atoms with van der Waals surface area (Å²) in [6, 6.07) is 0. The highest BCUT2D eigenvalue weighted by Crippen LogP contribution is 2.27. The second-order valence-corrected chi connectivity index (χ2v) is 4.57. The van der Waals surface area contributed by atoms with E-state index >= 15 is 0 Å². The number of unbranched alkanes of at least 4 members (excludes halogenated alkanes) is 3. The number of likely N-dealkylation sites (tertiary alicyclic amines) is 1. The summed E-state index contributed by atoms with van der Waals surface area (Å²) in [5, 5.41) is 3.46. The van der Waals surface area contributed by atoms with Gasteiger partial charge in [-0.2, -0.15) is 0 Å². The van der Waals surface area contributed by atoms with Crippen molar-refractivity contribution in [3.05, 3.63) is 10.4 Å². The fraction of sp³-hybridized carbons (Fsp3) is 1.00. The molecule has 0 aromatic rings. The van der Waals surface area contributed by atoms with Crippen LogP contribution in [0.3, 0.4) is 0 Å². The largest absolute Gasteiger partial charge is 0.303 e. The fourth-order valence-corrected chi connectivity index (χ4v) is 2.02. The smallest absolute Gasteiger partial charge is 0.250 e. The zero-order chi connectivity index (χ0) is 12.6. The SMILES string of the molecule is [N-]=[N+]=NCCCCCCN1CCC(F)(F)CC1. The van der Waals surface area contributed by atoms with E-state index in [1.54, 1.807) is 0 Å². The molecular formula is C11H20F2N4. The zero-order valence-corrected chi connectivity index (χ0v) is 10.1. The molecule has 1 rings (SSSR count). The van der Waals surface area contributed by atoms with Crippen LogP contribution in [-0.4, -0.2) is 37.0 Å². The lowest BCUT2D eigenvalue weighted by Gasteiger charge is -2.31. The zero-order valence-electron chi connectivity index (χ0n) is 10.1. The molecule has 0 unspecified atom stereocenters. The Morgan fingerprint density at radius 2 is 1.76 bits per heavy atom. The topological polar surface area (TPSA) is 52.0 Å². The highest BCUT2D eigenvalue weighted by molar-refractivity contribution is 4.77. The van der Waals surface area contributed by atoms with E-state index in [2.05, 4.69) is 14.9 Å². The third-order valence-corrected chi connectivity index (χ3v) is 3.13. The molecule has 0 aliphatic carbocycles. The monoisotopic (exact) mass is 246 g/mol. The van der Waals surface area contributed by atoms with Crippen LogP contribution in [0.2, 0.25) is 0 Å². The molecule has 0 atom stereocenters. The van der Waals surface area contributed by atoms with Gasteiger partial charge < -0.3 is 4.90 Å². The van der Waals surface area contributed by atoms with E-state index < -0.39 is 5.92 Å². The van der Waals surface area contributed by atoms with E-state index in [1.165, 1.54) is 0 Å². The van der Waals surface area contributed by atoms with Gasteiger partial charge in [-0.25, -0.2) is 8.78 Å². The molecule has 1 aliphatic rings. The first kappa shape index (κ1) is 14.2. The third-order valence-electron chi connectivity index (χ3n) is 3.13. The lowest BCUT2D eigenvalue weighted by atomic mass is 10.1. The van der Waals surface area contributed by atoms with Crippen molar-refractivity contribution >= 4 is 0 Å². The Kier molecular flexibility index (Phi) is 6.22. The molecule has 0 amide bonds. The van der Waals surface area contributed by atoms with Crippen molar-refractivity contribution in [1.82, 2.24) is 4.90 Å². The first-order valence-electron chi connectivity index (χ1n) is 6.25. The molecule has 1 heterocycles. The average molecular weight is 246 g/mol. The van der Waals surface area contributed by atoms with Crippen LogP contribution in [0.25, 0.3) is 10.4 Å². The van der Waals surface area contributed by atoms with Crippen molar-refractivity contribution in [3.63, 3.8) is 0 Å². The number of nitrogens with zero attached hydrogens (tertiary/aromatic N) is 4. The molecular weight excluding hydrogens is 226 g/mol. The standard InChI is InChI=1S/C11H20F2N4/c12-11(13)5-9-17(10-6-11)8-4-2-1-3-7-15-16-14/h1-10H2. The minimum Gasteiger partial charge on any atom is -0.303 e. The number of azide groups is 1. The van der Waals surface area contributed by atoms with Crippen molar-refractivity contribution in [2.24, 2.45) is 5.11 Å². The Morgan fingerprint density at radius 3 is 2.41 bits per heavy atom. The van der Waals surface area contributed by atoms with Crippen LogP contribution in [0.4, 0.5) is 8.78 Å². The summed E-state index contributed by atoms with van der Waals surface area (Å²) in [7, 11) is 0. The first-order valence-corrected chi connectivity index (χ1v) is 6.25. The molecule has 0 saturated carbocycles. The molecule has 0 spiro atoms. The third kappa shape index (κ3) is 6.44. The summed E-state index contributed by atoms with van der Waals surface area (Å²) < 4.78 is 25.7. The van der Waals surface area contributed by atoms with Gasteiger partial charge in [0.1, 0.15) is 0 Å². The number of hydrogen-bond acceptors (Lipinski definition) is 2. The summed E-state index contributed by atoms with van der Waals surface area (Å²) in [6.07, 6.45) is 4.09. The van der Waals surface area contributed by atoms with Gasteiger partial charge in [0.2, 0.25) is 0 Å². The van der Waals surface area contributed by atoms with Gasteiger partial charge in [0, 0.05) is 37.4 Å². The minimum atomic E-state index is -2.44. The minimum absolute atomic E-state index is 0.00385. The van der Waals surface area contributed by atoms with Gasteiger partial charge >= 0.3 is 0 Å². The molecule has 0 aromatic carbocycles. The van der Waals surface area contributed by atoms with Crippen molar-refractivity contribution in [1.29, 1.82) is 0 Å². The molecule has 4 nitrogen and oxygen atoms in total. The Hall–Kier alpha value is -0.870. The van der Waals surface area contributed by atoms with Crippen LogP contribution in [-0.2, 0) is 0 Å². The van der Waals surface area contributed by atoms with Crippen LogP contribution in [0.15, 0.2) is 5.11 Å². The van der Waals surface area contributed by atoms with Crippen LogP contribution < -0.4 is 0 Å². The van der Waals surface area contributed by atoms with Gasteiger partial charge in [0.25, 0.3) is 5.92 Å². The number of hydrogen-bond donors (Lipinski definition) is 0.